The van der Waals surface area contributed by atoms with Gasteiger partial charge in [-0.2, -0.15) is 5.10 Å². The van der Waals surface area contributed by atoms with Crippen molar-refractivity contribution in [3.63, 3.8) is 0 Å². The predicted octanol–water partition coefficient (Wildman–Crippen LogP) is 2.69. The molecule has 1 amide bonds. The van der Waals surface area contributed by atoms with Crippen molar-refractivity contribution in [2.45, 2.75) is 32.2 Å². The molecule has 5 rings (SSSR count). The summed E-state index contributed by atoms with van der Waals surface area (Å²) < 4.78 is 7.46. The van der Waals surface area contributed by atoms with Gasteiger partial charge < -0.3 is 15.0 Å². The second-order valence-electron chi connectivity index (χ2n) is 8.49. The number of ether oxygens (including phenoxy) is 1. The molecule has 1 N–H and O–H groups in total. The molecule has 0 radical (unpaired) electrons. The van der Waals surface area contributed by atoms with Crippen LogP contribution < -0.4 is 15.0 Å². The normalized spacial score (nSPS) is 19.1. The van der Waals surface area contributed by atoms with Crippen molar-refractivity contribution in [1.29, 1.82) is 0 Å². The molecule has 9 nitrogen and oxygen atoms in total. The number of nitrogens with zero attached hydrogens (tertiary/aromatic N) is 6. The third kappa shape index (κ3) is 4.12. The number of fused-ring (bicyclic) bond motifs is 1. The molecule has 1 aromatic carbocycles. The van der Waals surface area contributed by atoms with E-state index in [1.165, 1.54) is 25.9 Å². The number of hydrogen-bond donors (Lipinski definition) is 1. The smallest absolute Gasteiger partial charge is 0.275 e. The summed E-state index contributed by atoms with van der Waals surface area (Å²) in [5.74, 6) is 1.10. The summed E-state index contributed by atoms with van der Waals surface area (Å²) >= 11 is 0. The van der Waals surface area contributed by atoms with Crippen LogP contribution in [0, 0.1) is 0 Å². The molecule has 0 saturated carbocycles. The highest BCUT2D eigenvalue weighted by Gasteiger charge is 2.30. The zero-order chi connectivity index (χ0) is 22.1. The summed E-state index contributed by atoms with van der Waals surface area (Å²) in [6.07, 6.45) is 8.92. The Morgan fingerprint density at radius 2 is 2.03 bits per heavy atom. The molecule has 2 aliphatic rings. The minimum atomic E-state index is -0.315. The van der Waals surface area contributed by atoms with Gasteiger partial charge >= 0.3 is 0 Å². The highest BCUT2D eigenvalue weighted by molar-refractivity contribution is 6.04. The van der Waals surface area contributed by atoms with Gasteiger partial charge in [-0.3, -0.25) is 14.4 Å². The maximum atomic E-state index is 12.9. The van der Waals surface area contributed by atoms with Crippen LogP contribution in [0.3, 0.4) is 0 Å². The van der Waals surface area contributed by atoms with Gasteiger partial charge in [0, 0.05) is 43.8 Å². The zero-order valence-electron chi connectivity index (χ0n) is 18.6. The first-order valence-electron chi connectivity index (χ1n) is 11.3. The molecule has 2 saturated heterocycles. The average Bonchev–Trinajstić information content (AvgIpc) is 3.54. The molecule has 4 heterocycles. The van der Waals surface area contributed by atoms with Crippen molar-refractivity contribution in [3.05, 3.63) is 36.4 Å². The van der Waals surface area contributed by atoms with E-state index in [1.54, 1.807) is 17.1 Å². The van der Waals surface area contributed by atoms with Crippen LogP contribution in [-0.4, -0.2) is 69.4 Å². The van der Waals surface area contributed by atoms with E-state index >= 15 is 0 Å². The molecule has 32 heavy (non-hydrogen) atoms. The number of carbonyl (C=O) groups excluding carboxylic acids is 1. The topological polar surface area (TPSA) is 88.4 Å². The molecule has 2 fully saturated rings. The number of anilines is 2. The van der Waals surface area contributed by atoms with Crippen molar-refractivity contribution in [1.82, 2.24) is 24.6 Å². The Hall–Kier alpha value is -3.20. The van der Waals surface area contributed by atoms with Crippen molar-refractivity contribution in [2.75, 3.05) is 43.0 Å². The number of rotatable bonds is 6. The molecule has 9 heteroatoms. The molecule has 2 aliphatic heterocycles. The van der Waals surface area contributed by atoms with Gasteiger partial charge in [-0.25, -0.2) is 9.97 Å². The lowest BCUT2D eigenvalue weighted by atomic mass is 10.2. The zero-order valence-corrected chi connectivity index (χ0v) is 18.6. The van der Waals surface area contributed by atoms with E-state index in [0.29, 0.717) is 24.1 Å². The second-order valence-corrected chi connectivity index (χ2v) is 8.49. The number of nitrogens with one attached hydrogen (secondary N) is 1. The molecule has 168 valence electrons. The number of amides is 1. The van der Waals surface area contributed by atoms with E-state index in [0.717, 1.165) is 36.2 Å². The molecule has 2 aromatic heterocycles. The van der Waals surface area contributed by atoms with Crippen LogP contribution in [0.1, 0.15) is 36.7 Å². The van der Waals surface area contributed by atoms with E-state index in [2.05, 4.69) is 30.2 Å². The monoisotopic (exact) mass is 435 g/mol. The fourth-order valence-electron chi connectivity index (χ4n) is 4.69. The van der Waals surface area contributed by atoms with Gasteiger partial charge in [0.25, 0.3) is 5.91 Å². The van der Waals surface area contributed by atoms with Crippen LogP contribution in [0.2, 0.25) is 0 Å². The predicted molar refractivity (Wildman–Crippen MR) is 123 cm³/mol. The molecule has 0 spiro atoms. The molecule has 0 bridgehead atoms. The van der Waals surface area contributed by atoms with Gasteiger partial charge in [-0.1, -0.05) is 0 Å². The quantitative estimate of drug-likeness (QED) is 0.637. The van der Waals surface area contributed by atoms with Gasteiger partial charge in [-0.05, 0) is 45.3 Å². The van der Waals surface area contributed by atoms with Crippen LogP contribution in [0.4, 0.5) is 11.5 Å². The summed E-state index contributed by atoms with van der Waals surface area (Å²) in [7, 11) is 1.86. The van der Waals surface area contributed by atoms with Crippen molar-refractivity contribution in [3.8, 4) is 5.75 Å². The highest BCUT2D eigenvalue weighted by atomic mass is 16.5. The van der Waals surface area contributed by atoms with Crippen LogP contribution in [0.25, 0.3) is 10.9 Å². The molecular weight excluding hydrogens is 406 g/mol. The molecular formula is C23H29N7O2. The third-order valence-electron chi connectivity index (χ3n) is 6.28. The van der Waals surface area contributed by atoms with Crippen LogP contribution in [0.15, 0.2) is 30.7 Å². The Kier molecular flexibility index (Phi) is 5.65. The van der Waals surface area contributed by atoms with Crippen LogP contribution in [0.5, 0.6) is 5.75 Å². The van der Waals surface area contributed by atoms with Gasteiger partial charge in [0.05, 0.1) is 30.2 Å². The Bertz CT molecular complexity index is 1110. The Balaban J connectivity index is 1.28. The van der Waals surface area contributed by atoms with Gasteiger partial charge in [0.2, 0.25) is 0 Å². The Morgan fingerprint density at radius 3 is 2.78 bits per heavy atom. The maximum absolute atomic E-state index is 12.9. The lowest BCUT2D eigenvalue weighted by Gasteiger charge is -2.23. The number of likely N-dealkylation sites (tertiary alicyclic amines) is 1. The number of carbonyl (C=O) groups is 1. The van der Waals surface area contributed by atoms with Gasteiger partial charge in [0.15, 0.2) is 0 Å². The number of aryl methyl sites for hydroxylation is 1. The summed E-state index contributed by atoms with van der Waals surface area (Å²) in [6, 6.07) is 4.31. The summed E-state index contributed by atoms with van der Waals surface area (Å²) in [5.41, 5.74) is 1.69. The average molecular weight is 436 g/mol. The Labute approximate surface area is 187 Å². The molecule has 1 atom stereocenters. The SMILES string of the molecule is CCOc1cc2nn(C)cc2cc1NC(=O)c1cnc(N2CCC(N3CCCC3)C2)cn1. The van der Waals surface area contributed by atoms with Crippen LogP contribution >= 0.6 is 0 Å². The van der Waals surface area contributed by atoms with Gasteiger partial charge in [0.1, 0.15) is 17.3 Å². The summed E-state index contributed by atoms with van der Waals surface area (Å²) in [6.45, 7) is 6.76. The number of aromatic nitrogens is 4. The van der Waals surface area contributed by atoms with E-state index in [-0.39, 0.29) is 11.6 Å². The second kappa shape index (κ2) is 8.74. The fourth-order valence-corrected chi connectivity index (χ4v) is 4.69. The largest absolute Gasteiger partial charge is 0.492 e. The molecule has 1 unspecified atom stereocenters. The minimum Gasteiger partial charge on any atom is -0.492 e. The van der Waals surface area contributed by atoms with E-state index in [1.807, 2.05) is 32.3 Å². The lowest BCUT2D eigenvalue weighted by molar-refractivity contribution is 0.102. The van der Waals surface area contributed by atoms with E-state index < -0.39 is 0 Å². The standard InChI is InChI=1S/C23H29N7O2/c1-3-32-21-11-18-16(14-28(2)27-18)10-19(21)26-23(31)20-12-25-22(13-24-20)30-9-6-17(15-30)29-7-4-5-8-29/h10-14,17H,3-9,15H2,1-2H3,(H,26,31). The summed E-state index contributed by atoms with van der Waals surface area (Å²) in [5, 5.41) is 8.25. The van der Waals surface area contributed by atoms with Crippen molar-refractivity contribution >= 4 is 28.3 Å². The lowest BCUT2D eigenvalue weighted by Crippen LogP contribution is -2.35. The Morgan fingerprint density at radius 1 is 1.19 bits per heavy atom. The van der Waals surface area contributed by atoms with E-state index in [4.69, 9.17) is 4.74 Å². The highest BCUT2D eigenvalue weighted by Crippen LogP contribution is 2.30. The molecule has 0 aliphatic carbocycles. The first-order valence-corrected chi connectivity index (χ1v) is 11.3. The summed E-state index contributed by atoms with van der Waals surface area (Å²) in [4.78, 5) is 26.6. The fraction of sp³-hybridized carbons (Fsp3) is 0.478. The number of hydrogen-bond acceptors (Lipinski definition) is 7. The number of benzene rings is 1. The van der Waals surface area contributed by atoms with E-state index in [9.17, 15) is 4.79 Å². The van der Waals surface area contributed by atoms with Gasteiger partial charge in [-0.15, -0.1) is 0 Å². The molecule has 3 aromatic rings. The first kappa shape index (κ1) is 20.7. The third-order valence-corrected chi connectivity index (χ3v) is 6.28. The maximum Gasteiger partial charge on any atom is 0.275 e. The first-order chi connectivity index (χ1) is 15.6. The van der Waals surface area contributed by atoms with Crippen LogP contribution in [-0.2, 0) is 7.05 Å². The van der Waals surface area contributed by atoms with Crippen molar-refractivity contribution < 1.29 is 9.53 Å². The minimum absolute atomic E-state index is 0.276. The van der Waals surface area contributed by atoms with Crippen molar-refractivity contribution in [2.24, 2.45) is 7.05 Å².